The summed E-state index contributed by atoms with van der Waals surface area (Å²) in [4.78, 5) is 10.3. The Kier molecular flexibility index (Phi) is 14.3. The lowest BCUT2D eigenvalue weighted by atomic mass is 10.2. The van der Waals surface area contributed by atoms with Crippen LogP contribution in [0.25, 0.3) is 0 Å². The maximum absolute atomic E-state index is 10.3. The van der Waals surface area contributed by atoms with E-state index < -0.39 is 5.97 Å². The Morgan fingerprint density at radius 2 is 1.25 bits per heavy atom. The van der Waals surface area contributed by atoms with Crippen molar-refractivity contribution in [3.8, 4) is 0 Å². The largest absolute Gasteiger partial charge is 0.481 e. The van der Waals surface area contributed by atoms with Gasteiger partial charge in [-0.1, -0.05) is 62.0 Å². The van der Waals surface area contributed by atoms with Gasteiger partial charge in [0.15, 0.2) is 0 Å². The van der Waals surface area contributed by atoms with E-state index in [9.17, 15) is 4.79 Å². The van der Waals surface area contributed by atoms with E-state index in [1.165, 1.54) is 12.8 Å². The molecule has 0 radical (unpaired) electrons. The molecule has 0 aliphatic rings. The Bertz CT molecular complexity index is 335. The Labute approximate surface area is 123 Å². The van der Waals surface area contributed by atoms with E-state index in [0.29, 0.717) is 0 Å². The number of allylic oxidation sites excluding steroid dienone is 8. The number of carbonyl (C=O) groups is 1. The van der Waals surface area contributed by atoms with Crippen molar-refractivity contribution in [1.82, 2.24) is 0 Å². The fraction of sp³-hybridized carbons (Fsp3) is 0.500. The summed E-state index contributed by atoms with van der Waals surface area (Å²) in [5, 5.41) is 8.47. The first-order chi connectivity index (χ1) is 9.77. The van der Waals surface area contributed by atoms with E-state index >= 15 is 0 Å². The smallest absolute Gasteiger partial charge is 0.303 e. The standard InChI is InChI=1S/C18H28O2/c1-2-3-4-5-6-7-8-9-10-11-12-13-14-15-16-17-18(19)20/h4-5,7-8,10-11,13-14H,2-3,6,9,12,15-17H2,1H3,(H,19,20)/b5-4-,8-7-,11-10-,14-13-. The summed E-state index contributed by atoms with van der Waals surface area (Å²) >= 11 is 0. The Morgan fingerprint density at radius 3 is 1.70 bits per heavy atom. The van der Waals surface area contributed by atoms with Crippen LogP contribution in [0.4, 0.5) is 0 Å². The van der Waals surface area contributed by atoms with Crippen molar-refractivity contribution in [2.75, 3.05) is 0 Å². The summed E-state index contributed by atoms with van der Waals surface area (Å²) in [6.07, 6.45) is 24.4. The van der Waals surface area contributed by atoms with Gasteiger partial charge in [-0.15, -0.1) is 0 Å². The molecule has 0 aromatic rings. The van der Waals surface area contributed by atoms with E-state index in [2.05, 4.69) is 55.5 Å². The third kappa shape index (κ3) is 16.4. The Balaban J connectivity index is 3.41. The van der Waals surface area contributed by atoms with Crippen molar-refractivity contribution >= 4 is 5.97 Å². The minimum Gasteiger partial charge on any atom is -0.481 e. The Morgan fingerprint density at radius 1 is 0.800 bits per heavy atom. The van der Waals surface area contributed by atoms with E-state index in [0.717, 1.165) is 32.1 Å². The molecule has 0 aliphatic heterocycles. The van der Waals surface area contributed by atoms with Crippen LogP contribution in [0.5, 0.6) is 0 Å². The van der Waals surface area contributed by atoms with Crippen molar-refractivity contribution in [2.45, 2.75) is 58.3 Å². The SMILES string of the molecule is CCC/C=C\C/C=C\C/C=C\C/C=C\CCCC(=O)O. The topological polar surface area (TPSA) is 37.3 Å². The van der Waals surface area contributed by atoms with Crippen LogP contribution in [0, 0.1) is 0 Å². The first-order valence-electron chi connectivity index (χ1n) is 7.59. The highest BCUT2D eigenvalue weighted by atomic mass is 16.4. The number of unbranched alkanes of at least 4 members (excludes halogenated alkanes) is 2. The second-order valence-electron chi connectivity index (χ2n) is 4.67. The molecule has 0 atom stereocenters. The highest BCUT2D eigenvalue weighted by Gasteiger charge is 1.92. The zero-order chi connectivity index (χ0) is 14.9. The van der Waals surface area contributed by atoms with Crippen LogP contribution in [0.1, 0.15) is 58.3 Å². The van der Waals surface area contributed by atoms with Crippen molar-refractivity contribution in [2.24, 2.45) is 0 Å². The van der Waals surface area contributed by atoms with Gasteiger partial charge >= 0.3 is 5.97 Å². The lowest BCUT2D eigenvalue weighted by molar-refractivity contribution is -0.137. The molecule has 0 unspecified atom stereocenters. The zero-order valence-electron chi connectivity index (χ0n) is 12.6. The van der Waals surface area contributed by atoms with E-state index in [4.69, 9.17) is 5.11 Å². The third-order valence-corrected chi connectivity index (χ3v) is 2.70. The van der Waals surface area contributed by atoms with Gasteiger partial charge in [0.1, 0.15) is 0 Å². The second-order valence-corrected chi connectivity index (χ2v) is 4.67. The first-order valence-corrected chi connectivity index (χ1v) is 7.59. The normalized spacial score (nSPS) is 12.4. The molecule has 0 fully saturated rings. The summed E-state index contributed by atoms with van der Waals surface area (Å²) in [6, 6.07) is 0. The fourth-order valence-electron chi connectivity index (χ4n) is 1.59. The van der Waals surface area contributed by atoms with Gasteiger partial charge in [0.2, 0.25) is 0 Å². The number of carboxylic acid groups (broad SMARTS) is 1. The molecule has 2 heteroatoms. The minimum absolute atomic E-state index is 0.262. The van der Waals surface area contributed by atoms with Crippen molar-refractivity contribution in [3.05, 3.63) is 48.6 Å². The van der Waals surface area contributed by atoms with Crippen LogP contribution in [-0.4, -0.2) is 11.1 Å². The quantitative estimate of drug-likeness (QED) is 0.381. The van der Waals surface area contributed by atoms with E-state index in [1.807, 2.05) is 0 Å². The van der Waals surface area contributed by atoms with Crippen LogP contribution in [-0.2, 0) is 4.79 Å². The number of hydrogen-bond donors (Lipinski definition) is 1. The van der Waals surface area contributed by atoms with Crippen molar-refractivity contribution in [1.29, 1.82) is 0 Å². The lowest BCUT2D eigenvalue weighted by Gasteiger charge is -1.89. The zero-order valence-corrected chi connectivity index (χ0v) is 12.6. The van der Waals surface area contributed by atoms with E-state index in [1.54, 1.807) is 0 Å². The molecule has 112 valence electrons. The molecule has 0 spiro atoms. The second kappa shape index (κ2) is 15.5. The van der Waals surface area contributed by atoms with Gasteiger partial charge in [-0.25, -0.2) is 0 Å². The molecular weight excluding hydrogens is 248 g/mol. The molecule has 0 saturated heterocycles. The van der Waals surface area contributed by atoms with Gasteiger partial charge in [-0.05, 0) is 38.5 Å². The molecule has 2 nitrogen and oxygen atoms in total. The molecule has 20 heavy (non-hydrogen) atoms. The van der Waals surface area contributed by atoms with E-state index in [-0.39, 0.29) is 6.42 Å². The maximum Gasteiger partial charge on any atom is 0.303 e. The monoisotopic (exact) mass is 276 g/mol. The predicted molar refractivity (Wildman–Crippen MR) is 86.8 cm³/mol. The number of aliphatic carboxylic acids is 1. The van der Waals surface area contributed by atoms with Gasteiger partial charge < -0.3 is 5.11 Å². The summed E-state index contributed by atoms with van der Waals surface area (Å²) in [6.45, 7) is 2.19. The summed E-state index contributed by atoms with van der Waals surface area (Å²) < 4.78 is 0. The fourth-order valence-corrected chi connectivity index (χ4v) is 1.59. The van der Waals surface area contributed by atoms with Crippen LogP contribution in [0.15, 0.2) is 48.6 Å². The molecule has 1 N–H and O–H groups in total. The van der Waals surface area contributed by atoms with Crippen molar-refractivity contribution < 1.29 is 9.90 Å². The summed E-state index contributed by atoms with van der Waals surface area (Å²) in [5.41, 5.74) is 0. The van der Waals surface area contributed by atoms with Gasteiger partial charge in [-0.2, -0.15) is 0 Å². The molecule has 0 saturated carbocycles. The van der Waals surface area contributed by atoms with Gasteiger partial charge in [-0.3, -0.25) is 4.79 Å². The van der Waals surface area contributed by atoms with Crippen molar-refractivity contribution in [3.63, 3.8) is 0 Å². The third-order valence-electron chi connectivity index (χ3n) is 2.70. The molecule has 0 heterocycles. The molecule has 0 bridgehead atoms. The van der Waals surface area contributed by atoms with Crippen LogP contribution in [0.3, 0.4) is 0 Å². The molecular formula is C18H28O2. The highest BCUT2D eigenvalue weighted by molar-refractivity contribution is 5.66. The van der Waals surface area contributed by atoms with Crippen LogP contribution < -0.4 is 0 Å². The number of rotatable bonds is 12. The lowest BCUT2D eigenvalue weighted by Crippen LogP contribution is -1.92. The number of hydrogen-bond acceptors (Lipinski definition) is 1. The Hall–Kier alpha value is -1.57. The summed E-state index contributed by atoms with van der Waals surface area (Å²) in [7, 11) is 0. The molecule has 0 aromatic carbocycles. The highest BCUT2D eigenvalue weighted by Crippen LogP contribution is 1.99. The maximum atomic E-state index is 10.3. The van der Waals surface area contributed by atoms with Gasteiger partial charge in [0, 0.05) is 6.42 Å². The first kappa shape index (κ1) is 18.4. The minimum atomic E-state index is -0.713. The van der Waals surface area contributed by atoms with Crippen LogP contribution >= 0.6 is 0 Å². The number of carboxylic acids is 1. The average Bonchev–Trinajstić information content (AvgIpc) is 2.43. The molecule has 0 rings (SSSR count). The predicted octanol–water partition coefficient (Wildman–Crippen LogP) is 5.44. The van der Waals surface area contributed by atoms with Gasteiger partial charge in [0.05, 0.1) is 0 Å². The summed E-state index contributed by atoms with van der Waals surface area (Å²) in [5.74, 6) is -0.713. The van der Waals surface area contributed by atoms with Gasteiger partial charge in [0.25, 0.3) is 0 Å². The van der Waals surface area contributed by atoms with Crippen LogP contribution in [0.2, 0.25) is 0 Å². The molecule has 0 aliphatic carbocycles. The average molecular weight is 276 g/mol. The molecule has 0 aromatic heterocycles. The molecule has 0 amide bonds.